The molecule has 4 aliphatic carbocycles. The van der Waals surface area contributed by atoms with Crippen LogP contribution in [0.3, 0.4) is 0 Å². The van der Waals surface area contributed by atoms with Crippen molar-refractivity contribution in [2.24, 2.45) is 75.9 Å². The molecule has 0 aromatic rings. The van der Waals surface area contributed by atoms with Gasteiger partial charge in [0.25, 0.3) is 0 Å². The minimum absolute atomic E-state index is 0.0105. The molecule has 0 radical (unpaired) electrons. The van der Waals surface area contributed by atoms with Crippen molar-refractivity contribution in [2.75, 3.05) is 32.7 Å². The number of carboxylic acids is 4. The molecule has 4 fully saturated rings. The Labute approximate surface area is 780 Å². The first-order valence-electron chi connectivity index (χ1n) is 47.7. The van der Waals surface area contributed by atoms with Crippen LogP contribution in [0.15, 0.2) is 0 Å². The Morgan fingerprint density at radius 2 is 0.767 bits per heavy atom. The molecule has 0 saturated heterocycles. The first kappa shape index (κ1) is 118. The maximum absolute atomic E-state index is 14.0. The summed E-state index contributed by atoms with van der Waals surface area (Å²) in [6.45, 7) is 11.1. The Hall–Kier alpha value is -10.6. The van der Waals surface area contributed by atoms with E-state index in [-0.39, 0.29) is 130 Å². The number of carbonyl (C=O) groups excluding carboxylic acids is 19. The van der Waals surface area contributed by atoms with Crippen LogP contribution in [0.1, 0.15) is 331 Å². The highest BCUT2D eigenvalue weighted by atomic mass is 16.4. The van der Waals surface area contributed by atoms with Crippen LogP contribution in [-0.4, -0.2) is 218 Å². The number of amides is 11. The smallest absolute Gasteiger partial charge is 0.303 e. The molecule has 0 heterocycles. The molecule has 0 aromatic heterocycles. The minimum Gasteiger partial charge on any atom is -0.481 e. The van der Waals surface area contributed by atoms with Crippen molar-refractivity contribution in [2.45, 2.75) is 361 Å². The second kappa shape index (κ2) is 65.1. The second-order valence-electron chi connectivity index (χ2n) is 37.3. The summed E-state index contributed by atoms with van der Waals surface area (Å²) in [7, 11) is 0. The van der Waals surface area contributed by atoms with Crippen LogP contribution < -0.4 is 65.1 Å². The molecular weight excluding hydrogens is 1730 g/mol. The van der Waals surface area contributed by atoms with Crippen molar-refractivity contribution in [1.29, 1.82) is 0 Å². The van der Waals surface area contributed by atoms with Crippen molar-refractivity contribution in [3.63, 3.8) is 0 Å². The van der Waals surface area contributed by atoms with E-state index in [1.807, 2.05) is 0 Å². The van der Waals surface area contributed by atoms with Crippen molar-refractivity contribution < 1.29 is 131 Å². The number of unbranched alkanes of at least 4 members (excludes halogenated alkanes) is 13. The van der Waals surface area contributed by atoms with Gasteiger partial charge in [-0.25, -0.2) is 0 Å². The van der Waals surface area contributed by atoms with E-state index in [1.54, 1.807) is 27.7 Å². The van der Waals surface area contributed by atoms with Crippen LogP contribution in [0.25, 0.3) is 0 Å². The third kappa shape index (κ3) is 52.6. The lowest BCUT2D eigenvalue weighted by atomic mass is 9.49. The van der Waals surface area contributed by atoms with E-state index in [9.17, 15) is 131 Å². The number of nitrogens with one attached hydrogen (secondary N) is 9. The van der Waals surface area contributed by atoms with Crippen LogP contribution in [-0.2, 0) is 110 Å². The second-order valence-corrected chi connectivity index (χ2v) is 37.3. The predicted octanol–water partition coefficient (Wildman–Crippen LogP) is 5.56. The Bertz CT molecular complexity index is 3890. The number of rotatable bonds is 76. The third-order valence-electron chi connectivity index (χ3n) is 24.8. The SMILES string of the molecule is CCCCCCCCCCCCCCCC(=O)N[C@H](C(=O)C[C@H](C(=O)N[C@@H](C)C(=O)C[C@@H](C)C(=O)N[C@@H](CCC(=O)O)C(=O)C[C@@H](CCC(=O)O)C(=O)NC(CCC(=O)O)C(=O)C[C@@H](CCC(=O)O)C(=O)NCC(=O)CCC(N)=O)C(C)C)C(C)C.NCC(=O)CCC(=O)NCC(=O)CCC(=O)NCC(=O)CCC(=O)N[C@@H](CCCCNC(=O)CC12CC3CC(CC(C3)C1)C2)C(N)=O. The van der Waals surface area contributed by atoms with Gasteiger partial charge < -0.3 is 85.5 Å². The van der Waals surface area contributed by atoms with Crippen LogP contribution in [0.2, 0.25) is 0 Å². The van der Waals surface area contributed by atoms with Gasteiger partial charge in [0.1, 0.15) is 11.8 Å². The summed E-state index contributed by atoms with van der Waals surface area (Å²) in [5, 5.41) is 60.7. The Balaban J connectivity index is 0.00000106. The molecule has 9 atom stereocenters. The van der Waals surface area contributed by atoms with Gasteiger partial charge in [0.2, 0.25) is 65.0 Å². The quantitative estimate of drug-likeness (QED) is 0.0331. The lowest BCUT2D eigenvalue weighted by molar-refractivity contribution is -0.141. The molecule has 19 N–H and O–H groups in total. The predicted molar refractivity (Wildman–Crippen MR) is 486 cm³/mol. The molecule has 4 bridgehead atoms. The van der Waals surface area contributed by atoms with Gasteiger partial charge in [0, 0.05) is 146 Å². The third-order valence-corrected chi connectivity index (χ3v) is 24.8. The van der Waals surface area contributed by atoms with Gasteiger partial charge in [-0.3, -0.25) is 110 Å². The minimum atomic E-state index is -1.70. The van der Waals surface area contributed by atoms with Crippen LogP contribution in [0.4, 0.5) is 0 Å². The first-order valence-corrected chi connectivity index (χ1v) is 47.7. The van der Waals surface area contributed by atoms with E-state index in [0.717, 1.165) is 37.0 Å². The van der Waals surface area contributed by atoms with Gasteiger partial charge in [-0.15, -0.1) is 0 Å². The number of carboxylic acid groups (broad SMARTS) is 4. The maximum atomic E-state index is 14.0. The average Bonchev–Trinajstić information content (AvgIpc) is 0.748. The number of carbonyl (C=O) groups is 23. The molecule has 4 rings (SSSR count). The highest BCUT2D eigenvalue weighted by molar-refractivity contribution is 6.00. The number of hydrogen-bond acceptors (Lipinski definition) is 24. The van der Waals surface area contributed by atoms with E-state index >= 15 is 0 Å². The van der Waals surface area contributed by atoms with Crippen molar-refractivity contribution in [3.05, 3.63) is 0 Å². The Morgan fingerprint density at radius 1 is 0.346 bits per heavy atom. The summed E-state index contributed by atoms with van der Waals surface area (Å²) in [6, 6.07) is -6.25. The van der Waals surface area contributed by atoms with Crippen molar-refractivity contribution >= 4 is 135 Å². The standard InChI is InChI=1S/C61H100N6O19.C33H52N6O8/c1-8-9-10-11-12-13-14-15-16-17-18-19-20-21-52(74)67-57(38(4)5)50(72)35-44(37(2)3)61(86)64-40(7)47(69)32-39(6)58(83)65-45(25-30-55(79)80)49(71)34-42(23-29-54(77)78)60(85)66-46(26-31-56(81)82)48(70)33-41(22-28-53(75)76)59(84)63-36-43(68)24-27-51(62)73;34-18-24(40)4-7-28(43)37-19-25(41)5-8-29(44)38-20-26(42)6-9-30(45)39-27(32(35)47)3-1-2-10-36-31(46)17-33-14-21-11-22(15-33)13-23(12-21)16-33/h37-42,44-46,57H,8-36H2,1-7H3,(H2,62,73)(H,63,84)(H,64,86)(H,65,83)(H,66,85)(H,67,74)(H,75,76)(H,77,78)(H,79,80)(H,81,82);21-23,27H,1-20,34H2,(H2,35,47)(H,36,46)(H,37,43)(H,38,44)(H,39,45)/t39-,40+,41-,42-,44+,45+,46?,57+;21?,22?,23?,27-,33?/m10/s1. The number of aliphatic carboxylic acids is 4. The molecule has 0 aromatic carbocycles. The lowest BCUT2D eigenvalue weighted by Gasteiger charge is -2.56. The molecule has 4 aliphatic rings. The summed E-state index contributed by atoms with van der Waals surface area (Å²) in [4.78, 5) is 288. The molecule has 1 unspecified atom stereocenters. The Morgan fingerprint density at radius 3 is 1.21 bits per heavy atom. The molecule has 39 nitrogen and oxygen atoms in total. The van der Waals surface area contributed by atoms with Crippen LogP contribution in [0.5, 0.6) is 0 Å². The monoisotopic (exact) mass is 1880 g/mol. The van der Waals surface area contributed by atoms with Crippen LogP contribution >= 0.6 is 0 Å². The molecule has 0 aliphatic heterocycles. The van der Waals surface area contributed by atoms with E-state index in [1.165, 1.54) is 110 Å². The number of ketones is 8. The topological polar surface area (TPSA) is 660 Å². The molecule has 39 heteroatoms. The zero-order valence-corrected chi connectivity index (χ0v) is 79.1. The molecule has 11 amide bonds. The van der Waals surface area contributed by atoms with Gasteiger partial charge in [-0.05, 0) is 132 Å². The van der Waals surface area contributed by atoms with Crippen molar-refractivity contribution in [1.82, 2.24) is 47.9 Å². The van der Waals surface area contributed by atoms with Gasteiger partial charge in [-0.1, -0.05) is 119 Å². The fourth-order valence-electron chi connectivity index (χ4n) is 17.4. The van der Waals surface area contributed by atoms with Gasteiger partial charge in [0.05, 0.1) is 50.3 Å². The summed E-state index contributed by atoms with van der Waals surface area (Å²) >= 11 is 0. The summed E-state index contributed by atoms with van der Waals surface area (Å²) < 4.78 is 0. The summed E-state index contributed by atoms with van der Waals surface area (Å²) in [5.74, 6) is -20.3. The van der Waals surface area contributed by atoms with E-state index in [2.05, 4.69) is 54.8 Å². The van der Waals surface area contributed by atoms with E-state index in [4.69, 9.17) is 17.2 Å². The van der Waals surface area contributed by atoms with E-state index < -0.39 is 237 Å². The van der Waals surface area contributed by atoms with Gasteiger partial charge >= 0.3 is 23.9 Å². The molecule has 0 spiro atoms. The summed E-state index contributed by atoms with van der Waals surface area (Å²) in [6.07, 6.45) is 16.4. The number of nitrogens with two attached hydrogens (primary N) is 3. The Kier molecular flexibility index (Phi) is 58.0. The van der Waals surface area contributed by atoms with E-state index in [0.29, 0.717) is 38.6 Å². The first-order chi connectivity index (χ1) is 62.7. The van der Waals surface area contributed by atoms with Gasteiger partial charge in [-0.2, -0.15) is 0 Å². The molecule has 4 saturated carbocycles. The fourth-order valence-corrected chi connectivity index (χ4v) is 17.4. The zero-order valence-electron chi connectivity index (χ0n) is 79.1. The van der Waals surface area contributed by atoms with Crippen molar-refractivity contribution in [3.8, 4) is 0 Å². The zero-order chi connectivity index (χ0) is 99.9. The number of primary amides is 2. The highest BCUT2D eigenvalue weighted by Crippen LogP contribution is 2.61. The maximum Gasteiger partial charge on any atom is 0.303 e. The van der Waals surface area contributed by atoms with Crippen LogP contribution in [0, 0.1) is 58.7 Å². The number of Topliss-reactive ketones (excluding diaryl/α,β-unsaturated/α-hetero) is 8. The normalized spacial score (nSPS) is 17.2. The lowest BCUT2D eigenvalue weighted by Crippen LogP contribution is -2.49. The molecule has 133 heavy (non-hydrogen) atoms. The number of hydrogen-bond donors (Lipinski definition) is 16. The molecular formula is C94H152N12O27. The average molecular weight is 1880 g/mol. The largest absolute Gasteiger partial charge is 0.481 e. The van der Waals surface area contributed by atoms with Gasteiger partial charge in [0.15, 0.2) is 40.5 Å². The molecule has 750 valence electrons. The highest BCUT2D eigenvalue weighted by Gasteiger charge is 2.51. The summed E-state index contributed by atoms with van der Waals surface area (Å²) in [5.41, 5.74) is 15.9. The fraction of sp³-hybridized carbons (Fsp3) is 0.755.